The van der Waals surface area contributed by atoms with Gasteiger partial charge in [-0.1, -0.05) is 11.3 Å². The molecular weight excluding hydrogens is 377 g/mol. The van der Waals surface area contributed by atoms with E-state index >= 15 is 0 Å². The number of anilines is 1. The van der Waals surface area contributed by atoms with Crippen LogP contribution >= 0.6 is 33.9 Å². The molecule has 0 radical (unpaired) electrons. The maximum Gasteiger partial charge on any atom is 0.372 e. The fraction of sp³-hybridized carbons (Fsp3) is 0.111. The number of hydrogen-bond acceptors (Lipinski definition) is 5. The molecule has 18 heavy (non-hydrogen) atoms. The predicted octanol–water partition coefficient (Wildman–Crippen LogP) is 2.57. The van der Waals surface area contributed by atoms with Crippen LogP contribution < -0.4 is 5.32 Å². The number of nitrogens with one attached hydrogen (secondary N) is 1. The van der Waals surface area contributed by atoms with Gasteiger partial charge in [-0.15, -0.1) is 10.2 Å². The summed E-state index contributed by atoms with van der Waals surface area (Å²) >= 11 is 1.76. The first kappa shape index (κ1) is 13.2. The minimum atomic E-state index is -3.47. The lowest BCUT2D eigenvalue weighted by atomic mass is 10.3. The number of pyridine rings is 1. The summed E-state index contributed by atoms with van der Waals surface area (Å²) in [6.07, 6.45) is 3.15. The lowest BCUT2D eigenvalue weighted by Crippen LogP contribution is -2.28. The Morgan fingerprint density at radius 2 is 2.00 bits per heavy atom. The molecule has 0 aliphatic heterocycles. The van der Waals surface area contributed by atoms with Gasteiger partial charge in [-0.2, -0.15) is 8.78 Å². The molecule has 0 aliphatic carbocycles. The molecule has 0 fully saturated rings. The van der Waals surface area contributed by atoms with E-state index in [9.17, 15) is 13.6 Å². The zero-order valence-electron chi connectivity index (χ0n) is 8.60. The second-order valence-electron chi connectivity index (χ2n) is 3.10. The fourth-order valence-electron chi connectivity index (χ4n) is 1.05. The monoisotopic (exact) mass is 382 g/mol. The molecule has 0 unspecified atom stereocenters. The first-order chi connectivity index (χ1) is 8.47. The number of carbonyl (C=O) groups is 1. The first-order valence-corrected chi connectivity index (χ1v) is 6.48. The SMILES string of the molecule is O=C(Nc1nnc(-c2ccncc2)s1)C(F)(F)I. The molecule has 0 saturated carbocycles. The molecule has 94 valence electrons. The van der Waals surface area contributed by atoms with Gasteiger partial charge < -0.3 is 0 Å². The Bertz CT molecular complexity index is 557. The fourth-order valence-corrected chi connectivity index (χ4v) is 1.93. The smallest absolute Gasteiger partial charge is 0.294 e. The molecule has 9 heteroatoms. The Kier molecular flexibility index (Phi) is 3.80. The molecule has 0 aliphatic rings. The van der Waals surface area contributed by atoms with Crippen LogP contribution in [-0.2, 0) is 4.79 Å². The number of alkyl halides is 3. The van der Waals surface area contributed by atoms with E-state index in [4.69, 9.17) is 0 Å². The van der Waals surface area contributed by atoms with Gasteiger partial charge in [0.2, 0.25) is 5.13 Å². The molecule has 0 bridgehead atoms. The molecule has 0 spiro atoms. The van der Waals surface area contributed by atoms with Crippen molar-refractivity contribution in [3.63, 3.8) is 0 Å². The Balaban J connectivity index is 2.15. The topological polar surface area (TPSA) is 67.8 Å². The molecular formula is C9H5F2IN4OS. The van der Waals surface area contributed by atoms with Crippen molar-refractivity contribution in [2.45, 2.75) is 3.93 Å². The third kappa shape index (κ3) is 3.16. The minimum Gasteiger partial charge on any atom is -0.294 e. The van der Waals surface area contributed by atoms with Crippen molar-refractivity contribution in [2.24, 2.45) is 0 Å². The zero-order chi connectivity index (χ0) is 13.2. The van der Waals surface area contributed by atoms with Gasteiger partial charge in [-0.05, 0) is 12.1 Å². The van der Waals surface area contributed by atoms with Crippen LogP contribution in [0.15, 0.2) is 24.5 Å². The van der Waals surface area contributed by atoms with Gasteiger partial charge in [0.25, 0.3) is 0 Å². The Morgan fingerprint density at radius 3 is 2.61 bits per heavy atom. The Hall–Kier alpha value is -1.23. The van der Waals surface area contributed by atoms with Crippen LogP contribution in [0.4, 0.5) is 13.9 Å². The zero-order valence-corrected chi connectivity index (χ0v) is 11.6. The average molecular weight is 382 g/mol. The molecule has 0 atom stereocenters. The van der Waals surface area contributed by atoms with Crippen LogP contribution in [0.2, 0.25) is 0 Å². The van der Waals surface area contributed by atoms with E-state index in [1.54, 1.807) is 24.5 Å². The quantitative estimate of drug-likeness (QED) is 0.655. The van der Waals surface area contributed by atoms with Crippen LogP contribution in [-0.4, -0.2) is 25.0 Å². The second-order valence-corrected chi connectivity index (χ2v) is 5.43. The summed E-state index contributed by atoms with van der Waals surface area (Å²) < 4.78 is 21.8. The van der Waals surface area contributed by atoms with Crippen LogP contribution in [0.1, 0.15) is 0 Å². The highest BCUT2D eigenvalue weighted by atomic mass is 127. The van der Waals surface area contributed by atoms with Crippen LogP contribution in [0.5, 0.6) is 0 Å². The van der Waals surface area contributed by atoms with Crippen molar-refractivity contribution in [2.75, 3.05) is 5.32 Å². The number of aromatic nitrogens is 3. The van der Waals surface area contributed by atoms with E-state index < -0.39 is 9.84 Å². The minimum absolute atomic E-state index is 0.0307. The lowest BCUT2D eigenvalue weighted by Gasteiger charge is -2.05. The van der Waals surface area contributed by atoms with E-state index in [1.165, 1.54) is 0 Å². The molecule has 0 saturated heterocycles. The summed E-state index contributed by atoms with van der Waals surface area (Å²) in [6, 6.07) is 3.41. The number of carbonyl (C=O) groups excluding carboxylic acids is 1. The third-order valence-electron chi connectivity index (χ3n) is 1.83. The van der Waals surface area contributed by atoms with Gasteiger partial charge in [0, 0.05) is 40.5 Å². The number of nitrogens with zero attached hydrogens (tertiary/aromatic N) is 3. The number of hydrogen-bond donors (Lipinski definition) is 1. The molecule has 2 rings (SSSR count). The molecule has 0 aromatic carbocycles. The number of halogens is 3. The Labute approximate surface area is 118 Å². The van der Waals surface area contributed by atoms with E-state index in [0.29, 0.717) is 5.01 Å². The van der Waals surface area contributed by atoms with Crippen molar-refractivity contribution in [1.82, 2.24) is 15.2 Å². The van der Waals surface area contributed by atoms with E-state index in [-0.39, 0.29) is 5.13 Å². The summed E-state index contributed by atoms with van der Waals surface area (Å²) in [5.74, 6) is -1.42. The molecule has 5 nitrogen and oxygen atoms in total. The highest BCUT2D eigenvalue weighted by Gasteiger charge is 2.35. The average Bonchev–Trinajstić information content (AvgIpc) is 2.77. The number of rotatable bonds is 3. The second kappa shape index (κ2) is 5.18. The van der Waals surface area contributed by atoms with E-state index in [2.05, 4.69) is 15.2 Å². The summed E-state index contributed by atoms with van der Waals surface area (Å²) in [7, 11) is 0. The summed E-state index contributed by atoms with van der Waals surface area (Å²) in [4.78, 5) is 14.9. The van der Waals surface area contributed by atoms with E-state index in [0.717, 1.165) is 39.5 Å². The largest absolute Gasteiger partial charge is 0.372 e. The van der Waals surface area contributed by atoms with Gasteiger partial charge in [-0.3, -0.25) is 15.1 Å². The highest BCUT2D eigenvalue weighted by molar-refractivity contribution is 14.1. The highest BCUT2D eigenvalue weighted by Crippen LogP contribution is 2.28. The molecule has 2 aromatic rings. The van der Waals surface area contributed by atoms with Crippen molar-refractivity contribution in [3.8, 4) is 10.6 Å². The van der Waals surface area contributed by atoms with Crippen molar-refractivity contribution in [1.29, 1.82) is 0 Å². The molecule has 2 heterocycles. The predicted molar refractivity (Wildman–Crippen MR) is 70.7 cm³/mol. The van der Waals surface area contributed by atoms with Crippen molar-refractivity contribution >= 4 is 45.0 Å². The molecule has 1 amide bonds. The first-order valence-electron chi connectivity index (χ1n) is 4.59. The molecule has 2 aromatic heterocycles. The van der Waals surface area contributed by atoms with Gasteiger partial charge in [-0.25, -0.2) is 0 Å². The standard InChI is InChI=1S/C9H5F2IN4OS/c10-9(11,12)7(17)14-8-16-15-6(18-8)5-1-3-13-4-2-5/h1-4H,(H,14,16,17). The third-order valence-corrected chi connectivity index (χ3v) is 3.21. The summed E-state index contributed by atoms with van der Waals surface area (Å²) in [6.45, 7) is 0. The normalized spacial score (nSPS) is 11.3. The van der Waals surface area contributed by atoms with Gasteiger partial charge >= 0.3 is 9.84 Å². The van der Waals surface area contributed by atoms with Crippen molar-refractivity contribution < 1.29 is 13.6 Å². The maximum absolute atomic E-state index is 12.7. The summed E-state index contributed by atoms with van der Waals surface area (Å²) in [5, 5.41) is 9.98. The Morgan fingerprint density at radius 1 is 1.33 bits per heavy atom. The van der Waals surface area contributed by atoms with E-state index in [1.807, 2.05) is 5.32 Å². The van der Waals surface area contributed by atoms with Crippen LogP contribution in [0.25, 0.3) is 10.6 Å². The van der Waals surface area contributed by atoms with Gasteiger partial charge in [0.05, 0.1) is 0 Å². The molecule has 1 N–H and O–H groups in total. The van der Waals surface area contributed by atoms with Gasteiger partial charge in [0.1, 0.15) is 5.01 Å². The van der Waals surface area contributed by atoms with Crippen molar-refractivity contribution in [3.05, 3.63) is 24.5 Å². The van der Waals surface area contributed by atoms with Crippen LogP contribution in [0, 0.1) is 0 Å². The number of amides is 1. The van der Waals surface area contributed by atoms with Crippen LogP contribution in [0.3, 0.4) is 0 Å². The summed E-state index contributed by atoms with van der Waals surface area (Å²) in [5.41, 5.74) is 0.754. The maximum atomic E-state index is 12.7. The van der Waals surface area contributed by atoms with Gasteiger partial charge in [0.15, 0.2) is 0 Å². The lowest BCUT2D eigenvalue weighted by molar-refractivity contribution is -0.127.